The van der Waals surface area contributed by atoms with Gasteiger partial charge in [-0.15, -0.1) is 0 Å². The Labute approximate surface area is 125 Å². The molecule has 0 unspecified atom stereocenters. The topological polar surface area (TPSA) is 37.4 Å². The zero-order valence-electron chi connectivity index (χ0n) is 10.3. The predicted octanol–water partition coefficient (Wildman–Crippen LogP) is 3.84. The molecule has 5 heteroatoms. The molecule has 2 aromatic rings. The molecule has 0 aliphatic carbocycles. The van der Waals surface area contributed by atoms with E-state index in [-0.39, 0.29) is 23.3 Å². The van der Waals surface area contributed by atoms with Gasteiger partial charge < -0.3 is 0 Å². The minimum absolute atomic E-state index is 0.0388. The summed E-state index contributed by atoms with van der Waals surface area (Å²) in [5.41, 5.74) is 1.51. The van der Waals surface area contributed by atoms with Gasteiger partial charge in [0.1, 0.15) is 0 Å². The number of hydrogen-bond acceptors (Lipinski definition) is 2. The lowest BCUT2D eigenvalue weighted by Gasteiger charge is -2.17. The van der Waals surface area contributed by atoms with Gasteiger partial charge in [0.25, 0.3) is 5.91 Å². The lowest BCUT2D eigenvalue weighted by atomic mass is 10.1. The fraction of sp³-hybridized carbons (Fsp3) is 0.0667. The van der Waals surface area contributed by atoms with Crippen LogP contribution in [0.5, 0.6) is 0 Å². The molecule has 0 aromatic heterocycles. The highest BCUT2D eigenvalue weighted by Crippen LogP contribution is 2.31. The van der Waals surface area contributed by atoms with Gasteiger partial charge in [0.15, 0.2) is 5.78 Å². The molecule has 0 bridgehead atoms. The zero-order valence-corrected chi connectivity index (χ0v) is 11.8. The molecular weight excluding hydrogens is 297 g/mol. The van der Waals surface area contributed by atoms with Gasteiger partial charge in [-0.1, -0.05) is 35.3 Å². The molecule has 0 saturated carbocycles. The summed E-state index contributed by atoms with van der Waals surface area (Å²) < 4.78 is 0. The molecule has 2 aromatic carbocycles. The fourth-order valence-electron chi connectivity index (χ4n) is 2.25. The normalized spacial score (nSPS) is 13.5. The Hall–Kier alpha value is -1.84. The largest absolute Gasteiger partial charge is 0.300 e. The van der Waals surface area contributed by atoms with E-state index in [1.807, 2.05) is 0 Å². The van der Waals surface area contributed by atoms with E-state index in [0.717, 1.165) is 0 Å². The van der Waals surface area contributed by atoms with Crippen molar-refractivity contribution in [1.82, 2.24) is 0 Å². The molecule has 1 heterocycles. The average Bonchev–Trinajstić information content (AvgIpc) is 2.76. The van der Waals surface area contributed by atoms with Gasteiger partial charge in [0.05, 0.1) is 22.8 Å². The smallest absolute Gasteiger partial charge is 0.260 e. The number of benzene rings is 2. The Balaban J connectivity index is 2.02. The monoisotopic (exact) mass is 305 g/mol. The first-order chi connectivity index (χ1) is 9.58. The number of nitrogens with zero attached hydrogens (tertiary/aromatic N) is 1. The summed E-state index contributed by atoms with van der Waals surface area (Å²) in [5.74, 6) is -0.371. The first-order valence-corrected chi connectivity index (χ1v) is 6.72. The van der Waals surface area contributed by atoms with Crippen LogP contribution < -0.4 is 4.90 Å². The van der Waals surface area contributed by atoms with E-state index >= 15 is 0 Å². The molecule has 1 aliphatic heterocycles. The van der Waals surface area contributed by atoms with Crippen LogP contribution in [0.4, 0.5) is 5.69 Å². The summed E-state index contributed by atoms with van der Waals surface area (Å²) in [6, 6.07) is 11.7. The third kappa shape index (κ3) is 2.09. The molecule has 3 rings (SSSR count). The first-order valence-electron chi connectivity index (χ1n) is 5.97. The Morgan fingerprint density at radius 2 is 1.85 bits per heavy atom. The van der Waals surface area contributed by atoms with E-state index in [0.29, 0.717) is 21.8 Å². The Bertz CT molecular complexity index is 728. The molecule has 0 spiro atoms. The van der Waals surface area contributed by atoms with Gasteiger partial charge in [-0.05, 0) is 30.3 Å². The van der Waals surface area contributed by atoms with Crippen LogP contribution in [0.2, 0.25) is 10.0 Å². The van der Waals surface area contributed by atoms with Gasteiger partial charge in [-0.3, -0.25) is 14.5 Å². The van der Waals surface area contributed by atoms with Crippen LogP contribution in [0.3, 0.4) is 0 Å². The molecule has 100 valence electrons. The van der Waals surface area contributed by atoms with Gasteiger partial charge >= 0.3 is 0 Å². The number of rotatable bonds is 1. The average molecular weight is 306 g/mol. The van der Waals surface area contributed by atoms with Gasteiger partial charge in [-0.25, -0.2) is 0 Å². The Morgan fingerprint density at radius 3 is 2.60 bits per heavy atom. The minimum Gasteiger partial charge on any atom is -0.300 e. The Kier molecular flexibility index (Phi) is 3.24. The van der Waals surface area contributed by atoms with Crippen LogP contribution in [0.25, 0.3) is 0 Å². The standard InChI is InChI=1S/C15H9Cl2NO2/c16-9-5-6-10(12(17)7-9)15(20)18-8-14(19)11-3-1-2-4-13(11)18/h1-7H,8H2. The number of Topliss-reactive ketones (excluding diaryl/α,β-unsaturated/α-hetero) is 1. The lowest BCUT2D eigenvalue weighted by Crippen LogP contribution is -2.30. The van der Waals surface area contributed by atoms with Crippen molar-refractivity contribution in [2.75, 3.05) is 11.4 Å². The van der Waals surface area contributed by atoms with Crippen molar-refractivity contribution in [3.8, 4) is 0 Å². The van der Waals surface area contributed by atoms with Crippen LogP contribution in [-0.2, 0) is 0 Å². The zero-order chi connectivity index (χ0) is 14.3. The molecule has 0 radical (unpaired) electrons. The fourth-order valence-corrected chi connectivity index (χ4v) is 2.74. The van der Waals surface area contributed by atoms with Crippen molar-refractivity contribution in [2.24, 2.45) is 0 Å². The summed E-state index contributed by atoms with van der Waals surface area (Å²) in [6.07, 6.45) is 0. The van der Waals surface area contributed by atoms with Crippen molar-refractivity contribution in [3.63, 3.8) is 0 Å². The number of halogens is 2. The number of hydrogen-bond donors (Lipinski definition) is 0. The summed E-state index contributed by atoms with van der Waals surface area (Å²) in [4.78, 5) is 25.9. The number of amides is 1. The van der Waals surface area contributed by atoms with Crippen molar-refractivity contribution in [2.45, 2.75) is 0 Å². The molecule has 0 fully saturated rings. The van der Waals surface area contributed by atoms with Crippen LogP contribution in [0.1, 0.15) is 20.7 Å². The highest BCUT2D eigenvalue weighted by atomic mass is 35.5. The van der Waals surface area contributed by atoms with Crippen LogP contribution in [0, 0.1) is 0 Å². The van der Waals surface area contributed by atoms with Crippen LogP contribution in [0.15, 0.2) is 42.5 Å². The molecule has 3 nitrogen and oxygen atoms in total. The predicted molar refractivity (Wildman–Crippen MR) is 78.9 cm³/mol. The van der Waals surface area contributed by atoms with E-state index < -0.39 is 0 Å². The SMILES string of the molecule is O=C1CN(C(=O)c2ccc(Cl)cc2Cl)c2ccccc21. The minimum atomic E-state index is -0.301. The van der Waals surface area contributed by atoms with E-state index in [2.05, 4.69) is 0 Å². The quantitative estimate of drug-likeness (QED) is 0.803. The lowest BCUT2D eigenvalue weighted by molar-refractivity contribution is 0.0951. The maximum Gasteiger partial charge on any atom is 0.260 e. The summed E-state index contributed by atoms with van der Waals surface area (Å²) in [5, 5.41) is 0.740. The van der Waals surface area contributed by atoms with Crippen LogP contribution >= 0.6 is 23.2 Å². The third-order valence-electron chi connectivity index (χ3n) is 3.20. The number of ketones is 1. The van der Waals surface area contributed by atoms with Gasteiger partial charge in [0, 0.05) is 10.6 Å². The van der Waals surface area contributed by atoms with E-state index in [9.17, 15) is 9.59 Å². The second kappa shape index (κ2) is 4.93. The van der Waals surface area contributed by atoms with E-state index in [4.69, 9.17) is 23.2 Å². The number of anilines is 1. The number of carbonyl (C=O) groups excluding carboxylic acids is 2. The van der Waals surface area contributed by atoms with Gasteiger partial charge in [-0.2, -0.15) is 0 Å². The third-order valence-corrected chi connectivity index (χ3v) is 3.75. The summed E-state index contributed by atoms with van der Waals surface area (Å²) in [6.45, 7) is 0.0388. The maximum atomic E-state index is 12.5. The van der Waals surface area contributed by atoms with Crippen molar-refractivity contribution < 1.29 is 9.59 Å². The molecule has 0 N–H and O–H groups in total. The second-order valence-electron chi connectivity index (χ2n) is 4.46. The molecular formula is C15H9Cl2NO2. The molecule has 1 aliphatic rings. The highest BCUT2D eigenvalue weighted by molar-refractivity contribution is 6.37. The van der Waals surface area contributed by atoms with Crippen molar-refractivity contribution in [3.05, 3.63) is 63.6 Å². The first kappa shape index (κ1) is 13.2. The highest BCUT2D eigenvalue weighted by Gasteiger charge is 2.31. The van der Waals surface area contributed by atoms with E-state index in [1.165, 1.54) is 11.0 Å². The van der Waals surface area contributed by atoms with Gasteiger partial charge in [0.2, 0.25) is 0 Å². The van der Waals surface area contributed by atoms with Crippen LogP contribution in [-0.4, -0.2) is 18.2 Å². The number of para-hydroxylation sites is 1. The number of carbonyl (C=O) groups is 2. The summed E-state index contributed by atoms with van der Waals surface area (Å²) in [7, 11) is 0. The molecule has 0 saturated heterocycles. The summed E-state index contributed by atoms with van der Waals surface area (Å²) >= 11 is 11.9. The Morgan fingerprint density at radius 1 is 1.10 bits per heavy atom. The number of fused-ring (bicyclic) bond motifs is 1. The van der Waals surface area contributed by atoms with Crippen molar-refractivity contribution >= 4 is 40.6 Å². The van der Waals surface area contributed by atoms with Crippen molar-refractivity contribution in [1.29, 1.82) is 0 Å². The van der Waals surface area contributed by atoms with E-state index in [1.54, 1.807) is 36.4 Å². The molecule has 1 amide bonds. The molecule has 20 heavy (non-hydrogen) atoms. The molecule has 0 atom stereocenters. The maximum absolute atomic E-state index is 12.5. The second-order valence-corrected chi connectivity index (χ2v) is 5.30.